The highest BCUT2D eigenvalue weighted by Crippen LogP contribution is 2.43. The lowest BCUT2D eigenvalue weighted by Crippen LogP contribution is -2.36. The van der Waals surface area contributed by atoms with Crippen LogP contribution in [0.4, 0.5) is 19.0 Å². The number of fused-ring (bicyclic) bond motifs is 1. The Bertz CT molecular complexity index is 1070. The number of pyridine rings is 1. The first-order valence-electron chi connectivity index (χ1n) is 9.40. The summed E-state index contributed by atoms with van der Waals surface area (Å²) < 4.78 is 40.5. The lowest BCUT2D eigenvalue weighted by Gasteiger charge is -2.34. The van der Waals surface area contributed by atoms with Gasteiger partial charge in [-0.3, -0.25) is 4.79 Å². The number of halogens is 3. The number of carbonyl (C=O) groups excluding carboxylic acids is 1. The average molecular weight is 403 g/mol. The Morgan fingerprint density at radius 2 is 2.03 bits per heavy atom. The fraction of sp³-hybridized carbons (Fsp3) is 0.400. The van der Waals surface area contributed by atoms with Crippen molar-refractivity contribution in [2.24, 2.45) is 5.92 Å². The van der Waals surface area contributed by atoms with Crippen molar-refractivity contribution in [3.05, 3.63) is 47.4 Å². The zero-order valence-electron chi connectivity index (χ0n) is 16.0. The van der Waals surface area contributed by atoms with Crippen LogP contribution < -0.4 is 5.32 Å². The van der Waals surface area contributed by atoms with Crippen molar-refractivity contribution >= 4 is 22.6 Å². The first kappa shape index (κ1) is 19.4. The fourth-order valence-corrected chi connectivity index (χ4v) is 3.65. The summed E-state index contributed by atoms with van der Waals surface area (Å²) in [6, 6.07) is 2.95. The molecule has 2 N–H and O–H groups in total. The van der Waals surface area contributed by atoms with Crippen LogP contribution in [0, 0.1) is 11.9 Å². The third kappa shape index (κ3) is 3.81. The van der Waals surface area contributed by atoms with Gasteiger partial charge in [-0.05, 0) is 38.3 Å². The molecule has 0 atom stereocenters. The number of aromatic nitrogens is 4. The SMILES string of the molecule is CC(C)Nc1ncnc2[nH]cc(C(=O)c3ccc(CC4CC(F)(F)C4)nc3F)c12. The third-order valence-corrected chi connectivity index (χ3v) is 4.96. The summed E-state index contributed by atoms with van der Waals surface area (Å²) in [4.78, 5) is 28.0. The Hall–Kier alpha value is -2.97. The predicted octanol–water partition coefficient (Wildman–Crippen LogP) is 4.13. The minimum atomic E-state index is -2.63. The second-order valence-corrected chi connectivity index (χ2v) is 7.75. The molecule has 6 nitrogen and oxygen atoms in total. The Labute approximate surface area is 165 Å². The van der Waals surface area contributed by atoms with Crippen molar-refractivity contribution in [2.45, 2.75) is 45.1 Å². The van der Waals surface area contributed by atoms with Crippen molar-refractivity contribution in [3.63, 3.8) is 0 Å². The Balaban J connectivity index is 1.61. The third-order valence-electron chi connectivity index (χ3n) is 4.96. The molecule has 0 spiro atoms. The van der Waals surface area contributed by atoms with Crippen LogP contribution >= 0.6 is 0 Å². The van der Waals surface area contributed by atoms with Crippen molar-refractivity contribution < 1.29 is 18.0 Å². The number of H-pyrrole nitrogens is 1. The van der Waals surface area contributed by atoms with E-state index in [1.165, 1.54) is 24.7 Å². The molecule has 0 saturated heterocycles. The monoisotopic (exact) mass is 403 g/mol. The van der Waals surface area contributed by atoms with E-state index in [9.17, 15) is 18.0 Å². The number of anilines is 1. The molecule has 1 aliphatic rings. The van der Waals surface area contributed by atoms with Gasteiger partial charge in [0.1, 0.15) is 17.8 Å². The summed E-state index contributed by atoms with van der Waals surface area (Å²) in [7, 11) is 0. The number of aromatic amines is 1. The van der Waals surface area contributed by atoms with Gasteiger partial charge in [0.15, 0.2) is 5.78 Å². The van der Waals surface area contributed by atoms with Gasteiger partial charge in [0.05, 0.1) is 16.5 Å². The van der Waals surface area contributed by atoms with Crippen LogP contribution in [-0.4, -0.2) is 37.7 Å². The van der Waals surface area contributed by atoms with Gasteiger partial charge in [-0.1, -0.05) is 0 Å². The summed E-state index contributed by atoms with van der Waals surface area (Å²) in [6.45, 7) is 3.87. The Morgan fingerprint density at radius 1 is 1.28 bits per heavy atom. The quantitative estimate of drug-likeness (QED) is 0.478. The van der Waals surface area contributed by atoms with Gasteiger partial charge < -0.3 is 10.3 Å². The van der Waals surface area contributed by atoms with Crippen LogP contribution in [0.3, 0.4) is 0 Å². The summed E-state index contributed by atoms with van der Waals surface area (Å²) in [5, 5.41) is 3.63. The maximum Gasteiger partial charge on any atom is 0.248 e. The van der Waals surface area contributed by atoms with E-state index in [0.29, 0.717) is 22.5 Å². The van der Waals surface area contributed by atoms with Crippen LogP contribution in [0.25, 0.3) is 11.0 Å². The number of rotatable bonds is 6. The second-order valence-electron chi connectivity index (χ2n) is 7.75. The molecule has 0 bridgehead atoms. The smallest absolute Gasteiger partial charge is 0.248 e. The molecule has 1 fully saturated rings. The molecule has 0 aromatic carbocycles. The van der Waals surface area contributed by atoms with Crippen LogP contribution in [0.5, 0.6) is 0 Å². The lowest BCUT2D eigenvalue weighted by atomic mass is 9.78. The summed E-state index contributed by atoms with van der Waals surface area (Å²) >= 11 is 0. The lowest BCUT2D eigenvalue weighted by molar-refractivity contribution is -0.109. The molecule has 1 aliphatic carbocycles. The first-order valence-corrected chi connectivity index (χ1v) is 9.40. The van der Waals surface area contributed by atoms with Gasteiger partial charge in [-0.2, -0.15) is 4.39 Å². The molecular weight excluding hydrogens is 383 g/mol. The molecule has 3 aromatic rings. The molecule has 1 saturated carbocycles. The van der Waals surface area contributed by atoms with E-state index in [4.69, 9.17) is 0 Å². The number of nitrogens with one attached hydrogen (secondary N) is 2. The molecule has 9 heteroatoms. The van der Waals surface area contributed by atoms with Crippen molar-refractivity contribution in [1.82, 2.24) is 19.9 Å². The van der Waals surface area contributed by atoms with E-state index in [1.54, 1.807) is 0 Å². The van der Waals surface area contributed by atoms with Gasteiger partial charge in [0, 0.05) is 30.8 Å². The van der Waals surface area contributed by atoms with Gasteiger partial charge in [-0.15, -0.1) is 0 Å². The number of hydrogen-bond acceptors (Lipinski definition) is 5. The average Bonchev–Trinajstić information content (AvgIpc) is 3.04. The molecule has 152 valence electrons. The van der Waals surface area contributed by atoms with Crippen molar-refractivity contribution in [1.29, 1.82) is 0 Å². The highest BCUT2D eigenvalue weighted by molar-refractivity contribution is 6.18. The molecule has 29 heavy (non-hydrogen) atoms. The topological polar surface area (TPSA) is 83.6 Å². The number of ketones is 1. The zero-order valence-corrected chi connectivity index (χ0v) is 16.0. The van der Waals surface area contributed by atoms with Gasteiger partial charge in [-0.25, -0.2) is 23.7 Å². The van der Waals surface area contributed by atoms with E-state index in [-0.39, 0.29) is 42.3 Å². The van der Waals surface area contributed by atoms with E-state index in [1.807, 2.05) is 13.8 Å². The van der Waals surface area contributed by atoms with Gasteiger partial charge in [0.2, 0.25) is 11.9 Å². The van der Waals surface area contributed by atoms with Crippen molar-refractivity contribution in [2.75, 3.05) is 5.32 Å². The van der Waals surface area contributed by atoms with Crippen LogP contribution in [-0.2, 0) is 6.42 Å². The molecule has 0 amide bonds. The minimum Gasteiger partial charge on any atom is -0.367 e. The van der Waals surface area contributed by atoms with Crippen LogP contribution in [0.1, 0.15) is 48.3 Å². The van der Waals surface area contributed by atoms with Crippen LogP contribution in [0.15, 0.2) is 24.7 Å². The summed E-state index contributed by atoms with van der Waals surface area (Å²) in [5.41, 5.74) is 0.871. The molecule has 4 rings (SSSR count). The number of carbonyl (C=O) groups is 1. The first-order chi connectivity index (χ1) is 13.7. The van der Waals surface area contributed by atoms with E-state index in [0.717, 1.165) is 0 Å². The molecule has 3 heterocycles. The molecule has 0 unspecified atom stereocenters. The van der Waals surface area contributed by atoms with Crippen LogP contribution in [0.2, 0.25) is 0 Å². The Morgan fingerprint density at radius 3 is 2.69 bits per heavy atom. The van der Waals surface area contributed by atoms with Crippen molar-refractivity contribution in [3.8, 4) is 0 Å². The zero-order chi connectivity index (χ0) is 20.8. The largest absolute Gasteiger partial charge is 0.367 e. The molecule has 3 aromatic heterocycles. The minimum absolute atomic E-state index is 0.0718. The number of alkyl halides is 2. The van der Waals surface area contributed by atoms with E-state index in [2.05, 4.69) is 25.3 Å². The molecule has 0 aliphatic heterocycles. The highest BCUT2D eigenvalue weighted by atomic mass is 19.3. The second kappa shape index (κ2) is 7.13. The molecular formula is C20H20F3N5O. The standard InChI is InChI=1S/C20H20F3N5O/c1-10(2)27-19-15-14(8-24-18(15)25-9-26-19)16(29)13-4-3-12(28-17(13)21)5-11-6-20(22,23)7-11/h3-4,8-11H,5-7H2,1-2H3,(H2,24,25,26,27). The predicted molar refractivity (Wildman–Crippen MR) is 102 cm³/mol. The van der Waals surface area contributed by atoms with E-state index < -0.39 is 17.7 Å². The normalized spacial score (nSPS) is 16.2. The number of hydrogen-bond donors (Lipinski definition) is 2. The van der Waals surface area contributed by atoms with Gasteiger partial charge >= 0.3 is 0 Å². The number of nitrogens with zero attached hydrogens (tertiary/aromatic N) is 3. The molecule has 0 radical (unpaired) electrons. The Kier molecular flexibility index (Phi) is 4.76. The summed E-state index contributed by atoms with van der Waals surface area (Å²) in [6.07, 6.45) is 2.69. The summed E-state index contributed by atoms with van der Waals surface area (Å²) in [5.74, 6) is -3.83. The van der Waals surface area contributed by atoms with Gasteiger partial charge in [0.25, 0.3) is 0 Å². The fourth-order valence-electron chi connectivity index (χ4n) is 3.65. The highest BCUT2D eigenvalue weighted by Gasteiger charge is 2.45. The van der Waals surface area contributed by atoms with E-state index >= 15 is 0 Å². The maximum atomic E-state index is 14.6. The maximum absolute atomic E-state index is 14.6.